The highest BCUT2D eigenvalue weighted by molar-refractivity contribution is 4.87. The molecular formula is C7H20F2N8O2. The van der Waals surface area contributed by atoms with E-state index < -0.39 is 18.7 Å². The first-order valence-corrected chi connectivity index (χ1v) is 5.53. The van der Waals surface area contributed by atoms with Crippen LogP contribution in [0.5, 0.6) is 0 Å². The van der Waals surface area contributed by atoms with Gasteiger partial charge in [-0.2, -0.15) is 15.0 Å². The fraction of sp³-hybridized carbons (Fsp3) is 1.00. The molecule has 0 spiro atoms. The van der Waals surface area contributed by atoms with Gasteiger partial charge in [0.05, 0.1) is 13.2 Å². The number of hydrazine groups is 3. The van der Waals surface area contributed by atoms with E-state index >= 15 is 0 Å². The third-order valence-corrected chi connectivity index (χ3v) is 2.67. The zero-order valence-corrected chi connectivity index (χ0v) is 10.2. The summed E-state index contributed by atoms with van der Waals surface area (Å²) in [5, 5.41) is 24.0. The Balaban J connectivity index is 3.01. The highest BCUT2D eigenvalue weighted by atomic mass is 19.2. The van der Waals surface area contributed by atoms with Crippen molar-refractivity contribution in [3.05, 3.63) is 0 Å². The highest BCUT2D eigenvalue weighted by Crippen LogP contribution is 2.24. The summed E-state index contributed by atoms with van der Waals surface area (Å²) in [7, 11) is 0. The van der Waals surface area contributed by atoms with Gasteiger partial charge < -0.3 is 10.2 Å². The molecule has 0 aromatic carbocycles. The van der Waals surface area contributed by atoms with E-state index in [0.29, 0.717) is 10.0 Å². The van der Waals surface area contributed by atoms with Crippen molar-refractivity contribution in [3.8, 4) is 0 Å². The molecule has 114 valence electrons. The van der Waals surface area contributed by atoms with Crippen molar-refractivity contribution >= 4 is 0 Å². The van der Waals surface area contributed by atoms with E-state index in [9.17, 15) is 8.78 Å². The normalized spacial score (nSPS) is 29.8. The van der Waals surface area contributed by atoms with Crippen molar-refractivity contribution in [2.75, 3.05) is 26.3 Å². The lowest BCUT2D eigenvalue weighted by atomic mass is 10.4. The Labute approximate surface area is 108 Å². The molecule has 2 atom stereocenters. The molecule has 0 bridgehead atoms. The second kappa shape index (κ2) is 6.76. The first-order valence-electron chi connectivity index (χ1n) is 5.53. The molecule has 0 amide bonds. The molecule has 0 aromatic heterocycles. The fourth-order valence-corrected chi connectivity index (χ4v) is 1.72. The topological polar surface area (TPSA) is 152 Å². The van der Waals surface area contributed by atoms with Crippen LogP contribution in [0.4, 0.5) is 8.78 Å². The zero-order chi connectivity index (χ0) is 14.6. The van der Waals surface area contributed by atoms with E-state index in [2.05, 4.69) is 10.6 Å². The third kappa shape index (κ3) is 2.97. The summed E-state index contributed by atoms with van der Waals surface area (Å²) in [5.74, 6) is 14.4. The predicted octanol–water partition coefficient (Wildman–Crippen LogP) is -4.19. The Hall–Kier alpha value is -0.540. The van der Waals surface area contributed by atoms with Gasteiger partial charge in [0, 0.05) is 13.1 Å². The Morgan fingerprint density at radius 3 is 1.63 bits per heavy atom. The quantitative estimate of drug-likeness (QED) is 0.145. The van der Waals surface area contributed by atoms with Gasteiger partial charge in [-0.1, -0.05) is 0 Å². The first kappa shape index (κ1) is 16.5. The fourth-order valence-electron chi connectivity index (χ4n) is 1.72. The Bertz CT molecular complexity index is 262. The summed E-state index contributed by atoms with van der Waals surface area (Å²) in [4.78, 5) is 0. The molecule has 12 heteroatoms. The number of aliphatic hydroxyl groups excluding tert-OH is 2. The van der Waals surface area contributed by atoms with Crippen molar-refractivity contribution in [2.24, 2.45) is 17.5 Å². The minimum absolute atomic E-state index is 0.0517. The number of hydrogen-bond acceptors (Lipinski definition) is 10. The average molecular weight is 286 g/mol. The van der Waals surface area contributed by atoms with E-state index in [0.717, 1.165) is 0 Å². The molecule has 1 aliphatic rings. The number of rotatable bonds is 6. The number of halogens is 2. The van der Waals surface area contributed by atoms with Gasteiger partial charge in [-0.15, -0.1) is 0 Å². The van der Waals surface area contributed by atoms with Crippen molar-refractivity contribution in [1.82, 2.24) is 25.7 Å². The molecule has 1 rings (SSSR count). The van der Waals surface area contributed by atoms with Crippen LogP contribution in [0.2, 0.25) is 0 Å². The molecule has 10 nitrogen and oxygen atoms in total. The van der Waals surface area contributed by atoms with Crippen LogP contribution in [-0.4, -0.2) is 70.3 Å². The van der Waals surface area contributed by atoms with Gasteiger partial charge in [-0.3, -0.25) is 28.2 Å². The standard InChI is InChI=1S/C7H20F2N8O2/c8-5-15(10)6(9)17(12)7(16(5)11,13-1-3-18)14-2-4-19/h5-6,13-14,18-19H,1-4,10-12H2. The zero-order valence-electron chi connectivity index (χ0n) is 10.2. The van der Waals surface area contributed by atoms with Crippen molar-refractivity contribution in [3.63, 3.8) is 0 Å². The van der Waals surface area contributed by atoms with Crippen LogP contribution in [0.15, 0.2) is 0 Å². The number of nitrogens with zero attached hydrogens (tertiary/aromatic N) is 3. The number of hydrogen-bond donors (Lipinski definition) is 7. The summed E-state index contributed by atoms with van der Waals surface area (Å²) in [6.07, 6.45) is -4.35. The summed E-state index contributed by atoms with van der Waals surface area (Å²) in [5.41, 5.74) is 0. The Morgan fingerprint density at radius 1 is 0.947 bits per heavy atom. The third-order valence-electron chi connectivity index (χ3n) is 2.67. The SMILES string of the molecule is NN1C(F)N(N)C(NCCO)(NCCO)N(N)C1F. The smallest absolute Gasteiger partial charge is 0.242 e. The molecule has 0 radical (unpaired) electrons. The first-order chi connectivity index (χ1) is 8.92. The van der Waals surface area contributed by atoms with Gasteiger partial charge in [-0.05, 0) is 0 Å². The van der Waals surface area contributed by atoms with Crippen LogP contribution in [0.25, 0.3) is 0 Å². The second-order valence-electron chi connectivity index (χ2n) is 3.86. The Kier molecular flexibility index (Phi) is 5.87. The second-order valence-corrected chi connectivity index (χ2v) is 3.86. The van der Waals surface area contributed by atoms with Crippen molar-refractivity contribution in [1.29, 1.82) is 0 Å². The molecule has 0 saturated carbocycles. The number of nitrogens with one attached hydrogen (secondary N) is 2. The minimum atomic E-state index is -2.17. The van der Waals surface area contributed by atoms with E-state index in [4.69, 9.17) is 27.7 Å². The van der Waals surface area contributed by atoms with Crippen LogP contribution < -0.4 is 28.2 Å². The maximum atomic E-state index is 13.8. The van der Waals surface area contributed by atoms with E-state index in [1.165, 1.54) is 0 Å². The molecule has 1 heterocycles. The number of nitrogens with two attached hydrogens (primary N) is 3. The maximum Gasteiger partial charge on any atom is 0.242 e. The van der Waals surface area contributed by atoms with Gasteiger partial charge in [0.2, 0.25) is 18.7 Å². The van der Waals surface area contributed by atoms with Gasteiger partial charge in [-0.25, -0.2) is 8.78 Å². The van der Waals surface area contributed by atoms with E-state index in [-0.39, 0.29) is 31.3 Å². The van der Waals surface area contributed by atoms with Crippen LogP contribution >= 0.6 is 0 Å². The number of alkyl halides is 2. The summed E-state index contributed by atoms with van der Waals surface area (Å²) >= 11 is 0. The Morgan fingerprint density at radius 2 is 1.32 bits per heavy atom. The molecule has 1 aliphatic heterocycles. The number of aliphatic hydroxyl groups is 2. The van der Waals surface area contributed by atoms with Gasteiger partial charge in [0.25, 0.3) is 0 Å². The van der Waals surface area contributed by atoms with Gasteiger partial charge in [0.15, 0.2) is 0 Å². The molecule has 1 fully saturated rings. The summed E-state index contributed by atoms with van der Waals surface area (Å²) in [6.45, 7) is -0.733. The van der Waals surface area contributed by atoms with Crippen LogP contribution in [0.1, 0.15) is 0 Å². The molecule has 19 heavy (non-hydrogen) atoms. The van der Waals surface area contributed by atoms with Gasteiger partial charge >= 0.3 is 0 Å². The van der Waals surface area contributed by atoms with Crippen LogP contribution in [-0.2, 0) is 0 Å². The van der Waals surface area contributed by atoms with Gasteiger partial charge in [0.1, 0.15) is 0 Å². The lowest BCUT2D eigenvalue weighted by Gasteiger charge is -2.54. The highest BCUT2D eigenvalue weighted by Gasteiger charge is 2.54. The lowest BCUT2D eigenvalue weighted by Crippen LogP contribution is -2.88. The molecule has 0 aliphatic carbocycles. The van der Waals surface area contributed by atoms with Crippen LogP contribution in [0.3, 0.4) is 0 Å². The molecule has 1 saturated heterocycles. The van der Waals surface area contributed by atoms with E-state index in [1.807, 2.05) is 0 Å². The molecular weight excluding hydrogens is 266 g/mol. The maximum absolute atomic E-state index is 13.8. The molecule has 0 aromatic rings. The summed E-state index contributed by atoms with van der Waals surface area (Å²) in [6, 6.07) is 0. The van der Waals surface area contributed by atoms with Crippen molar-refractivity contribution in [2.45, 2.75) is 18.7 Å². The van der Waals surface area contributed by atoms with Crippen LogP contribution in [0, 0.1) is 0 Å². The summed E-state index contributed by atoms with van der Waals surface area (Å²) < 4.78 is 27.6. The predicted molar refractivity (Wildman–Crippen MR) is 60.8 cm³/mol. The molecule has 2 unspecified atom stereocenters. The average Bonchev–Trinajstić information content (AvgIpc) is 2.43. The largest absolute Gasteiger partial charge is 0.395 e. The minimum Gasteiger partial charge on any atom is -0.395 e. The lowest BCUT2D eigenvalue weighted by molar-refractivity contribution is -0.318. The van der Waals surface area contributed by atoms with E-state index in [1.54, 1.807) is 0 Å². The van der Waals surface area contributed by atoms with Crippen molar-refractivity contribution < 1.29 is 19.0 Å². The molecule has 10 N–H and O–H groups in total. The monoisotopic (exact) mass is 286 g/mol.